The van der Waals surface area contributed by atoms with E-state index in [2.05, 4.69) is 11.5 Å². The smallest absolute Gasteiger partial charge is 0.209 e. The zero-order valence-corrected chi connectivity index (χ0v) is 18.9. The van der Waals surface area contributed by atoms with Crippen LogP contribution in [0.2, 0.25) is 0 Å². The van der Waals surface area contributed by atoms with Crippen molar-refractivity contribution < 1.29 is 9.53 Å². The lowest BCUT2D eigenvalue weighted by atomic mass is 10.2. The Labute approximate surface area is 187 Å². The lowest BCUT2D eigenvalue weighted by molar-refractivity contribution is 0.0957. The molecule has 1 aromatic carbocycles. The molecule has 162 valence electrons. The molecule has 1 aliphatic heterocycles. The zero-order chi connectivity index (χ0) is 21.4. The Kier molecular flexibility index (Phi) is 5.71. The molecule has 0 spiro atoms. The number of ketones is 1. The topological polar surface area (TPSA) is 61.9 Å². The van der Waals surface area contributed by atoms with Crippen molar-refractivity contribution in [2.75, 3.05) is 12.4 Å². The molecule has 2 fully saturated rings. The summed E-state index contributed by atoms with van der Waals surface area (Å²) in [6, 6.07) is 12.1. The molecule has 0 bridgehead atoms. The predicted octanol–water partition coefficient (Wildman–Crippen LogP) is 4.72. The third kappa shape index (κ3) is 4.34. The van der Waals surface area contributed by atoms with Crippen LogP contribution in [0.5, 0.6) is 0 Å². The average Bonchev–Trinajstić information content (AvgIpc) is 3.21. The molecule has 0 N–H and O–H groups in total. The molecule has 0 amide bonds. The minimum atomic E-state index is 0.126. The first kappa shape index (κ1) is 20.5. The second-order valence-corrected chi connectivity index (χ2v) is 9.46. The largest absolute Gasteiger partial charge is 0.376 e. The molecule has 2 aromatic heterocycles. The Balaban J connectivity index is 1.30. The average molecular weight is 437 g/mol. The number of carbonyl (C=O) groups is 1. The van der Waals surface area contributed by atoms with Crippen LogP contribution >= 0.6 is 11.8 Å². The second-order valence-electron chi connectivity index (χ2n) is 8.52. The molecule has 5 rings (SSSR count). The Morgan fingerprint density at radius 3 is 2.71 bits per heavy atom. The van der Waals surface area contributed by atoms with E-state index in [1.165, 1.54) is 11.8 Å². The fourth-order valence-electron chi connectivity index (χ4n) is 4.29. The van der Waals surface area contributed by atoms with Crippen molar-refractivity contribution in [3.63, 3.8) is 0 Å². The molecule has 3 aromatic rings. The molecule has 7 heteroatoms. The number of carbonyl (C=O) groups excluding carboxylic acids is 1. The van der Waals surface area contributed by atoms with Crippen LogP contribution < -0.4 is 0 Å². The number of rotatable bonds is 8. The molecule has 3 heterocycles. The van der Waals surface area contributed by atoms with Gasteiger partial charge in [0.05, 0.1) is 17.5 Å². The number of Topliss-reactive ketones (excluding diaryl/α,β-unsaturated/α-hetero) is 1. The van der Waals surface area contributed by atoms with Gasteiger partial charge < -0.3 is 9.30 Å². The van der Waals surface area contributed by atoms with Crippen LogP contribution in [0.15, 0.2) is 41.6 Å². The van der Waals surface area contributed by atoms with Gasteiger partial charge in [0.1, 0.15) is 5.82 Å². The maximum absolute atomic E-state index is 13.0. The summed E-state index contributed by atoms with van der Waals surface area (Å²) in [6.07, 6.45) is 4.79. The van der Waals surface area contributed by atoms with E-state index in [1.807, 2.05) is 48.0 Å². The van der Waals surface area contributed by atoms with Gasteiger partial charge in [-0.1, -0.05) is 30.0 Å². The first-order chi connectivity index (χ1) is 15.1. The SMILES string of the molecule is Cc1cc(C(=O)CSc2nc(C3CC3)n(-c3ccccc3)n2)c(C)n1CC1CCCO1. The molecular weight excluding hydrogens is 408 g/mol. The van der Waals surface area contributed by atoms with Gasteiger partial charge in [0.2, 0.25) is 5.16 Å². The summed E-state index contributed by atoms with van der Waals surface area (Å²) in [5.41, 5.74) is 3.96. The Bertz CT molecular complexity index is 1080. The normalized spacial score (nSPS) is 18.6. The lowest BCUT2D eigenvalue weighted by Gasteiger charge is -2.14. The molecular formula is C24H28N4O2S. The van der Waals surface area contributed by atoms with Gasteiger partial charge in [-0.05, 0) is 57.7 Å². The molecule has 1 aliphatic carbocycles. The summed E-state index contributed by atoms with van der Waals surface area (Å²) in [7, 11) is 0. The van der Waals surface area contributed by atoms with Gasteiger partial charge >= 0.3 is 0 Å². The predicted molar refractivity (Wildman–Crippen MR) is 121 cm³/mol. The highest BCUT2D eigenvalue weighted by Gasteiger charge is 2.30. The van der Waals surface area contributed by atoms with Gasteiger partial charge in [0.25, 0.3) is 0 Å². The summed E-state index contributed by atoms with van der Waals surface area (Å²) in [6.45, 7) is 5.77. The quantitative estimate of drug-likeness (QED) is 0.378. The molecule has 1 saturated heterocycles. The summed E-state index contributed by atoms with van der Waals surface area (Å²) in [5.74, 6) is 1.96. The number of hydrogen-bond acceptors (Lipinski definition) is 5. The molecule has 31 heavy (non-hydrogen) atoms. The Morgan fingerprint density at radius 2 is 2.00 bits per heavy atom. The number of aryl methyl sites for hydroxylation is 1. The molecule has 1 atom stereocenters. The summed E-state index contributed by atoms with van der Waals surface area (Å²) in [5, 5.41) is 5.39. The highest BCUT2D eigenvalue weighted by molar-refractivity contribution is 7.99. The van der Waals surface area contributed by atoms with Crippen molar-refractivity contribution >= 4 is 17.5 Å². The first-order valence-electron chi connectivity index (χ1n) is 11.1. The fraction of sp³-hybridized carbons (Fsp3) is 0.458. The van der Waals surface area contributed by atoms with Crippen LogP contribution in [0.1, 0.15) is 59.2 Å². The van der Waals surface area contributed by atoms with Crippen LogP contribution in [-0.2, 0) is 11.3 Å². The van der Waals surface area contributed by atoms with E-state index >= 15 is 0 Å². The van der Waals surface area contributed by atoms with Crippen LogP contribution in [0.4, 0.5) is 0 Å². The summed E-state index contributed by atoms with van der Waals surface area (Å²) < 4.78 is 9.95. The minimum absolute atomic E-state index is 0.126. The van der Waals surface area contributed by atoms with Crippen molar-refractivity contribution in [3.8, 4) is 5.69 Å². The lowest BCUT2D eigenvalue weighted by Crippen LogP contribution is -2.17. The minimum Gasteiger partial charge on any atom is -0.376 e. The maximum atomic E-state index is 13.0. The molecule has 1 unspecified atom stereocenters. The van der Waals surface area contributed by atoms with Gasteiger partial charge in [-0.15, -0.1) is 5.10 Å². The van der Waals surface area contributed by atoms with Crippen LogP contribution in [0, 0.1) is 13.8 Å². The van der Waals surface area contributed by atoms with E-state index in [0.29, 0.717) is 16.8 Å². The zero-order valence-electron chi connectivity index (χ0n) is 18.1. The third-order valence-electron chi connectivity index (χ3n) is 6.17. The van der Waals surface area contributed by atoms with Crippen LogP contribution in [-0.4, -0.2) is 43.6 Å². The maximum Gasteiger partial charge on any atom is 0.209 e. The van der Waals surface area contributed by atoms with Gasteiger partial charge in [0.15, 0.2) is 5.78 Å². The highest BCUT2D eigenvalue weighted by atomic mass is 32.2. The number of ether oxygens (including phenoxy) is 1. The second kappa shape index (κ2) is 8.63. The number of hydrogen-bond donors (Lipinski definition) is 0. The fourth-order valence-corrected chi connectivity index (χ4v) is 5.01. The first-order valence-corrected chi connectivity index (χ1v) is 12.1. The van der Waals surface area contributed by atoms with Crippen LogP contribution in [0.3, 0.4) is 0 Å². The number of nitrogens with zero attached hydrogens (tertiary/aromatic N) is 4. The highest BCUT2D eigenvalue weighted by Crippen LogP contribution is 2.40. The van der Waals surface area contributed by atoms with Crippen molar-refractivity contribution in [3.05, 3.63) is 59.2 Å². The Morgan fingerprint density at radius 1 is 1.19 bits per heavy atom. The van der Waals surface area contributed by atoms with Crippen molar-refractivity contribution in [2.24, 2.45) is 0 Å². The van der Waals surface area contributed by atoms with E-state index in [-0.39, 0.29) is 11.9 Å². The standard InChI is InChI=1S/C24H28N4O2S/c1-16-13-21(17(2)27(16)14-20-9-6-12-30-20)22(29)15-31-24-25-23(18-10-11-18)28(26-24)19-7-4-3-5-8-19/h3-5,7-8,13,18,20H,6,9-12,14-15H2,1-2H3. The number of para-hydroxylation sites is 1. The van der Waals surface area contributed by atoms with E-state index < -0.39 is 0 Å². The molecule has 1 saturated carbocycles. The third-order valence-corrected chi connectivity index (χ3v) is 7.01. The number of thioether (sulfide) groups is 1. The monoisotopic (exact) mass is 436 g/mol. The van der Waals surface area contributed by atoms with Gasteiger partial charge in [-0.25, -0.2) is 9.67 Å². The van der Waals surface area contributed by atoms with Gasteiger partial charge in [-0.2, -0.15) is 0 Å². The van der Waals surface area contributed by atoms with Crippen molar-refractivity contribution in [1.29, 1.82) is 0 Å². The van der Waals surface area contributed by atoms with Gasteiger partial charge in [-0.3, -0.25) is 4.79 Å². The van der Waals surface area contributed by atoms with Crippen molar-refractivity contribution in [2.45, 2.75) is 63.3 Å². The molecule has 0 radical (unpaired) electrons. The van der Waals surface area contributed by atoms with Crippen LogP contribution in [0.25, 0.3) is 5.69 Å². The van der Waals surface area contributed by atoms with Gasteiger partial charge in [0, 0.05) is 36.0 Å². The molecule has 6 nitrogen and oxygen atoms in total. The summed E-state index contributed by atoms with van der Waals surface area (Å²) in [4.78, 5) is 17.8. The van der Waals surface area contributed by atoms with E-state index in [4.69, 9.17) is 14.8 Å². The number of aromatic nitrogens is 4. The van der Waals surface area contributed by atoms with E-state index in [1.54, 1.807) is 0 Å². The van der Waals surface area contributed by atoms with Crippen molar-refractivity contribution in [1.82, 2.24) is 19.3 Å². The number of benzene rings is 1. The van der Waals surface area contributed by atoms with E-state index in [9.17, 15) is 4.79 Å². The molecule has 2 aliphatic rings. The van der Waals surface area contributed by atoms with E-state index in [0.717, 1.165) is 67.3 Å². The Hall–Kier alpha value is -2.38. The summed E-state index contributed by atoms with van der Waals surface area (Å²) >= 11 is 1.43.